The zero-order chi connectivity index (χ0) is 12.3. The van der Waals surface area contributed by atoms with Crippen molar-refractivity contribution < 1.29 is 9.00 Å². The summed E-state index contributed by atoms with van der Waals surface area (Å²) in [7, 11) is -1.14. The molecule has 0 saturated heterocycles. The first-order chi connectivity index (χ1) is 8.13. The zero-order valence-electron chi connectivity index (χ0n) is 9.28. The summed E-state index contributed by atoms with van der Waals surface area (Å²) in [5, 5.41) is 2.81. The summed E-state index contributed by atoms with van der Waals surface area (Å²) in [6.45, 7) is 0.737. The minimum atomic E-state index is -1.14. The lowest BCUT2D eigenvalue weighted by molar-refractivity contribution is -0.118. The quantitative estimate of drug-likeness (QED) is 0.873. The number of rotatable bonds is 6. The second kappa shape index (κ2) is 5.98. The van der Waals surface area contributed by atoms with E-state index >= 15 is 0 Å². The molecule has 0 bridgehead atoms. The number of hydrogen-bond acceptors (Lipinski definition) is 3. The van der Waals surface area contributed by atoms with Crippen molar-refractivity contribution in [1.82, 2.24) is 5.32 Å². The highest BCUT2D eigenvalue weighted by molar-refractivity contribution is 7.85. The van der Waals surface area contributed by atoms with Gasteiger partial charge in [-0.15, -0.1) is 11.3 Å². The molecule has 17 heavy (non-hydrogen) atoms. The minimum absolute atomic E-state index is 0.0856. The number of nitrogens with one attached hydrogen (secondary N) is 1. The topological polar surface area (TPSA) is 46.2 Å². The van der Waals surface area contributed by atoms with Crippen molar-refractivity contribution in [1.29, 1.82) is 0 Å². The summed E-state index contributed by atoms with van der Waals surface area (Å²) >= 11 is 7.19. The predicted molar refractivity (Wildman–Crippen MR) is 71.8 cm³/mol. The fourth-order valence-corrected chi connectivity index (χ4v) is 3.84. The average Bonchev–Trinajstić information content (AvgIpc) is 3.00. The summed E-state index contributed by atoms with van der Waals surface area (Å²) in [5.74, 6) is 1.04. The van der Waals surface area contributed by atoms with Gasteiger partial charge in [0.05, 0.1) is 10.1 Å². The number of halogens is 1. The Morgan fingerprint density at radius 1 is 1.53 bits per heavy atom. The molecule has 1 amide bonds. The lowest BCUT2D eigenvalue weighted by Gasteiger charge is -2.03. The van der Waals surface area contributed by atoms with Crippen LogP contribution in [0.5, 0.6) is 0 Å². The van der Waals surface area contributed by atoms with E-state index < -0.39 is 10.8 Å². The highest BCUT2D eigenvalue weighted by Gasteiger charge is 2.21. The minimum Gasteiger partial charge on any atom is -0.355 e. The maximum atomic E-state index is 11.7. The van der Waals surface area contributed by atoms with Crippen molar-refractivity contribution in [2.75, 3.05) is 12.3 Å². The normalized spacial score (nSPS) is 16.8. The molecule has 1 aliphatic rings. The third-order valence-corrected chi connectivity index (χ3v) is 5.14. The van der Waals surface area contributed by atoms with Gasteiger partial charge in [0.1, 0.15) is 5.75 Å². The lowest BCUT2D eigenvalue weighted by Crippen LogP contribution is -2.30. The number of thiophene rings is 1. The van der Waals surface area contributed by atoms with Crippen LogP contribution in [-0.4, -0.2) is 22.4 Å². The Bertz CT molecular complexity index is 429. The molecule has 6 heteroatoms. The molecule has 0 spiro atoms. The zero-order valence-corrected chi connectivity index (χ0v) is 11.7. The standard InChI is InChI=1S/C11H14ClNO2S2/c12-10-4-3-9(16-10)6-17(15)7-11(14)13-5-8-1-2-8/h3-4,8H,1-2,5-7H2,(H,13,14)/t17-/m1/s1. The van der Waals surface area contributed by atoms with Gasteiger partial charge in [-0.3, -0.25) is 9.00 Å². The van der Waals surface area contributed by atoms with Crippen molar-refractivity contribution in [3.63, 3.8) is 0 Å². The molecule has 0 aromatic carbocycles. The Morgan fingerprint density at radius 2 is 2.29 bits per heavy atom. The van der Waals surface area contributed by atoms with E-state index in [1.165, 1.54) is 24.2 Å². The lowest BCUT2D eigenvalue weighted by atomic mass is 10.4. The maximum absolute atomic E-state index is 11.7. The van der Waals surface area contributed by atoms with Gasteiger partial charge in [-0.05, 0) is 30.9 Å². The molecule has 1 N–H and O–H groups in total. The number of carbonyl (C=O) groups excluding carboxylic acids is 1. The molecule has 1 aromatic rings. The van der Waals surface area contributed by atoms with Crippen LogP contribution in [0.25, 0.3) is 0 Å². The van der Waals surface area contributed by atoms with Crippen LogP contribution in [0.1, 0.15) is 17.7 Å². The van der Waals surface area contributed by atoms with Gasteiger partial charge in [-0.2, -0.15) is 0 Å². The van der Waals surface area contributed by atoms with Crippen LogP contribution in [0.3, 0.4) is 0 Å². The molecule has 1 saturated carbocycles. The van der Waals surface area contributed by atoms with Crippen molar-refractivity contribution in [2.24, 2.45) is 5.92 Å². The Labute approximate surface area is 112 Å². The van der Waals surface area contributed by atoms with E-state index in [9.17, 15) is 9.00 Å². The summed E-state index contributed by atoms with van der Waals surface area (Å²) in [6, 6.07) is 3.64. The third-order valence-electron chi connectivity index (χ3n) is 2.51. The van der Waals surface area contributed by atoms with Crippen LogP contribution in [0.4, 0.5) is 0 Å². The molecule has 0 aliphatic heterocycles. The summed E-state index contributed by atoms with van der Waals surface area (Å²) in [4.78, 5) is 12.4. The Balaban J connectivity index is 1.70. The SMILES string of the molecule is O=C(C[S@](=O)Cc1ccc(Cl)s1)NCC1CC1. The van der Waals surface area contributed by atoms with Crippen molar-refractivity contribution in [3.05, 3.63) is 21.3 Å². The monoisotopic (exact) mass is 291 g/mol. The van der Waals surface area contributed by atoms with Gasteiger partial charge >= 0.3 is 0 Å². The van der Waals surface area contributed by atoms with Crippen molar-refractivity contribution >= 4 is 39.6 Å². The van der Waals surface area contributed by atoms with Crippen LogP contribution >= 0.6 is 22.9 Å². The van der Waals surface area contributed by atoms with E-state index in [-0.39, 0.29) is 11.7 Å². The smallest absolute Gasteiger partial charge is 0.232 e. The van der Waals surface area contributed by atoms with E-state index in [2.05, 4.69) is 5.32 Å². The molecule has 1 aliphatic carbocycles. The van der Waals surface area contributed by atoms with Gasteiger partial charge in [0.25, 0.3) is 0 Å². The first-order valence-electron chi connectivity index (χ1n) is 5.49. The summed E-state index contributed by atoms with van der Waals surface area (Å²) in [5.41, 5.74) is 0. The van der Waals surface area contributed by atoms with E-state index in [0.717, 1.165) is 11.4 Å². The van der Waals surface area contributed by atoms with Crippen molar-refractivity contribution in [3.8, 4) is 0 Å². The third kappa shape index (κ3) is 4.77. The van der Waals surface area contributed by atoms with Crippen LogP contribution in [0, 0.1) is 5.92 Å². The van der Waals surface area contributed by atoms with Gasteiger partial charge < -0.3 is 5.32 Å². The van der Waals surface area contributed by atoms with Gasteiger partial charge in [0.15, 0.2) is 0 Å². The summed E-state index contributed by atoms with van der Waals surface area (Å²) in [6.07, 6.45) is 2.41. The van der Waals surface area contributed by atoms with Crippen molar-refractivity contribution in [2.45, 2.75) is 18.6 Å². The van der Waals surface area contributed by atoms with E-state index in [1.807, 2.05) is 6.07 Å². The summed E-state index contributed by atoms with van der Waals surface area (Å²) < 4.78 is 12.4. The first kappa shape index (κ1) is 13.1. The highest BCUT2D eigenvalue weighted by Crippen LogP contribution is 2.27. The van der Waals surface area contributed by atoms with E-state index in [1.54, 1.807) is 6.07 Å². The molecule has 1 heterocycles. The van der Waals surface area contributed by atoms with E-state index in [4.69, 9.17) is 11.6 Å². The molecule has 1 fully saturated rings. The Kier molecular flexibility index (Phi) is 4.59. The van der Waals surface area contributed by atoms with Gasteiger partial charge in [0.2, 0.25) is 5.91 Å². The second-order valence-corrected chi connectivity index (χ2v) is 7.44. The molecule has 3 nitrogen and oxygen atoms in total. The molecular formula is C11H14ClNO2S2. The van der Waals surface area contributed by atoms with Crippen LogP contribution in [-0.2, 0) is 21.3 Å². The number of carbonyl (C=O) groups is 1. The van der Waals surface area contributed by atoms with Gasteiger partial charge in [-0.25, -0.2) is 0 Å². The van der Waals surface area contributed by atoms with Gasteiger partial charge in [-0.1, -0.05) is 11.6 Å². The molecular weight excluding hydrogens is 278 g/mol. The first-order valence-corrected chi connectivity index (χ1v) is 8.17. The fraction of sp³-hybridized carbons (Fsp3) is 0.545. The molecule has 94 valence electrons. The molecule has 2 rings (SSSR count). The highest BCUT2D eigenvalue weighted by atomic mass is 35.5. The predicted octanol–water partition coefficient (Wildman–Crippen LogP) is 2.18. The molecule has 0 unspecified atom stereocenters. The second-order valence-electron chi connectivity index (χ2n) is 4.18. The molecule has 1 aromatic heterocycles. The average molecular weight is 292 g/mol. The van der Waals surface area contributed by atoms with E-state index in [0.29, 0.717) is 16.0 Å². The maximum Gasteiger partial charge on any atom is 0.232 e. The number of amides is 1. The largest absolute Gasteiger partial charge is 0.355 e. The van der Waals surface area contributed by atoms with Crippen LogP contribution < -0.4 is 5.32 Å². The fourth-order valence-electron chi connectivity index (χ4n) is 1.42. The van der Waals surface area contributed by atoms with Crippen LogP contribution in [0.2, 0.25) is 4.34 Å². The molecule has 0 radical (unpaired) electrons. The molecule has 1 atom stereocenters. The Morgan fingerprint density at radius 3 is 2.88 bits per heavy atom. The van der Waals surface area contributed by atoms with Crippen LogP contribution in [0.15, 0.2) is 12.1 Å². The van der Waals surface area contributed by atoms with Gasteiger partial charge in [0, 0.05) is 22.2 Å². The number of hydrogen-bond donors (Lipinski definition) is 1. The Hall–Kier alpha value is -0.390.